The van der Waals surface area contributed by atoms with Crippen molar-refractivity contribution in [2.75, 3.05) is 31.1 Å². The average Bonchev–Trinajstić information content (AvgIpc) is 2.86. The number of amides is 1. The Morgan fingerprint density at radius 1 is 1.09 bits per heavy atom. The van der Waals surface area contributed by atoms with Crippen LogP contribution >= 0.6 is 0 Å². The average molecular weight is 297 g/mol. The monoisotopic (exact) mass is 297 g/mol. The largest absolute Gasteiger partial charge is 0.368 e. The molecule has 1 amide bonds. The minimum Gasteiger partial charge on any atom is -0.368 e. The highest BCUT2D eigenvalue weighted by atomic mass is 16.2. The maximum absolute atomic E-state index is 12.5. The molecule has 1 aliphatic heterocycles. The zero-order valence-electron chi connectivity index (χ0n) is 13.3. The van der Waals surface area contributed by atoms with Crippen molar-refractivity contribution in [3.63, 3.8) is 0 Å². The molecule has 0 bridgehead atoms. The van der Waals surface area contributed by atoms with Gasteiger partial charge in [-0.3, -0.25) is 4.79 Å². The topological polar surface area (TPSA) is 39.3 Å². The molecule has 0 saturated carbocycles. The highest BCUT2D eigenvalue weighted by Gasteiger charge is 2.21. The number of benzene rings is 1. The molecule has 1 saturated heterocycles. The summed E-state index contributed by atoms with van der Waals surface area (Å²) in [6.45, 7) is 7.47. The maximum atomic E-state index is 12.5. The van der Waals surface area contributed by atoms with E-state index in [0.717, 1.165) is 43.1 Å². The van der Waals surface area contributed by atoms with Crippen molar-refractivity contribution in [2.45, 2.75) is 20.3 Å². The van der Waals surface area contributed by atoms with Crippen LogP contribution in [0, 0.1) is 13.8 Å². The quantitative estimate of drug-likeness (QED) is 0.945. The van der Waals surface area contributed by atoms with E-state index >= 15 is 0 Å². The summed E-state index contributed by atoms with van der Waals surface area (Å²) in [5.41, 5.74) is 4.59. The van der Waals surface area contributed by atoms with Gasteiger partial charge in [-0.05, 0) is 37.6 Å². The third-order valence-corrected chi connectivity index (χ3v) is 4.35. The first-order valence-electron chi connectivity index (χ1n) is 7.86. The summed E-state index contributed by atoms with van der Waals surface area (Å²) in [5.74, 6) is 0.231. The number of rotatable bonds is 3. The van der Waals surface area contributed by atoms with Gasteiger partial charge in [0, 0.05) is 43.3 Å². The van der Waals surface area contributed by atoms with E-state index in [9.17, 15) is 4.79 Å². The fourth-order valence-electron chi connectivity index (χ4n) is 3.09. The van der Waals surface area contributed by atoms with Crippen LogP contribution in [0.4, 0.5) is 5.69 Å². The highest BCUT2D eigenvalue weighted by molar-refractivity contribution is 5.79. The number of nitrogens with zero attached hydrogens (tertiary/aromatic N) is 2. The van der Waals surface area contributed by atoms with E-state index in [0.29, 0.717) is 6.42 Å². The molecule has 2 aromatic rings. The number of H-pyrrole nitrogens is 1. The number of carbonyl (C=O) groups is 1. The summed E-state index contributed by atoms with van der Waals surface area (Å²) in [7, 11) is 0. The van der Waals surface area contributed by atoms with Crippen LogP contribution < -0.4 is 4.90 Å². The second kappa shape index (κ2) is 6.26. The molecule has 4 heteroatoms. The number of hydrogen-bond donors (Lipinski definition) is 1. The number of piperazine rings is 1. The molecule has 1 aromatic heterocycles. The van der Waals surface area contributed by atoms with Crippen LogP contribution in [-0.4, -0.2) is 42.0 Å². The van der Waals surface area contributed by atoms with Crippen molar-refractivity contribution in [2.24, 2.45) is 0 Å². The zero-order valence-corrected chi connectivity index (χ0v) is 13.3. The molecule has 2 heterocycles. The van der Waals surface area contributed by atoms with Crippen molar-refractivity contribution < 1.29 is 4.79 Å². The van der Waals surface area contributed by atoms with Crippen molar-refractivity contribution in [3.8, 4) is 0 Å². The molecule has 1 aliphatic rings. The standard InChI is InChI=1S/C18H23N3O/c1-14-12-16(15(2)19-14)13-18(22)21-10-8-20(9-11-21)17-6-4-3-5-7-17/h3-7,12,19H,8-11,13H2,1-2H3. The second-order valence-electron chi connectivity index (χ2n) is 5.98. The molecule has 1 N–H and O–H groups in total. The van der Waals surface area contributed by atoms with Gasteiger partial charge in [-0.1, -0.05) is 18.2 Å². The number of aryl methyl sites for hydroxylation is 2. The van der Waals surface area contributed by atoms with Gasteiger partial charge in [0.1, 0.15) is 0 Å². The minimum atomic E-state index is 0.231. The van der Waals surface area contributed by atoms with Crippen LogP contribution in [0.1, 0.15) is 17.0 Å². The minimum absolute atomic E-state index is 0.231. The van der Waals surface area contributed by atoms with Gasteiger partial charge in [0.15, 0.2) is 0 Å². The Labute approximate surface area is 131 Å². The third-order valence-electron chi connectivity index (χ3n) is 4.35. The number of anilines is 1. The molecule has 1 fully saturated rings. The first-order valence-corrected chi connectivity index (χ1v) is 7.86. The number of hydrogen-bond acceptors (Lipinski definition) is 2. The van der Waals surface area contributed by atoms with E-state index in [2.05, 4.69) is 40.2 Å². The summed E-state index contributed by atoms with van der Waals surface area (Å²) in [4.78, 5) is 20.1. The maximum Gasteiger partial charge on any atom is 0.227 e. The Hall–Kier alpha value is -2.23. The first kappa shape index (κ1) is 14.7. The van der Waals surface area contributed by atoms with E-state index in [1.807, 2.05) is 24.8 Å². The molecule has 3 rings (SSSR count). The highest BCUT2D eigenvalue weighted by Crippen LogP contribution is 2.17. The molecular formula is C18H23N3O. The van der Waals surface area contributed by atoms with Gasteiger partial charge in [-0.15, -0.1) is 0 Å². The van der Waals surface area contributed by atoms with Gasteiger partial charge < -0.3 is 14.8 Å². The van der Waals surface area contributed by atoms with E-state index in [1.165, 1.54) is 5.69 Å². The summed E-state index contributed by atoms with van der Waals surface area (Å²) in [6.07, 6.45) is 0.501. The molecule has 0 spiro atoms. The van der Waals surface area contributed by atoms with Gasteiger partial charge in [0.2, 0.25) is 5.91 Å². The molecule has 0 atom stereocenters. The molecule has 4 nitrogen and oxygen atoms in total. The molecule has 116 valence electrons. The lowest BCUT2D eigenvalue weighted by molar-refractivity contribution is -0.130. The van der Waals surface area contributed by atoms with E-state index < -0.39 is 0 Å². The van der Waals surface area contributed by atoms with Gasteiger partial charge in [0.05, 0.1) is 6.42 Å². The lowest BCUT2D eigenvalue weighted by atomic mass is 10.1. The molecule has 0 radical (unpaired) electrons. The fourth-order valence-corrected chi connectivity index (χ4v) is 3.09. The predicted octanol–water partition coefficient (Wildman–Crippen LogP) is 2.52. The third kappa shape index (κ3) is 3.16. The number of aromatic nitrogens is 1. The van der Waals surface area contributed by atoms with Crippen LogP contribution in [-0.2, 0) is 11.2 Å². The number of aromatic amines is 1. The summed E-state index contributed by atoms with van der Waals surface area (Å²) < 4.78 is 0. The Balaban J connectivity index is 1.57. The van der Waals surface area contributed by atoms with Crippen LogP contribution in [0.2, 0.25) is 0 Å². The SMILES string of the molecule is Cc1cc(CC(=O)N2CCN(c3ccccc3)CC2)c(C)[nH]1. The van der Waals surface area contributed by atoms with Gasteiger partial charge in [0.25, 0.3) is 0 Å². The lowest BCUT2D eigenvalue weighted by Gasteiger charge is -2.36. The van der Waals surface area contributed by atoms with Gasteiger partial charge in [-0.25, -0.2) is 0 Å². The molecule has 0 aliphatic carbocycles. The Morgan fingerprint density at radius 3 is 2.36 bits per heavy atom. The predicted molar refractivity (Wildman–Crippen MR) is 89.2 cm³/mol. The number of carbonyl (C=O) groups excluding carboxylic acids is 1. The van der Waals surface area contributed by atoms with Crippen LogP contribution in [0.5, 0.6) is 0 Å². The molecule has 0 unspecified atom stereocenters. The summed E-state index contributed by atoms with van der Waals surface area (Å²) >= 11 is 0. The zero-order chi connectivity index (χ0) is 15.5. The number of nitrogens with one attached hydrogen (secondary N) is 1. The molecular weight excluding hydrogens is 274 g/mol. The Morgan fingerprint density at radius 2 is 1.77 bits per heavy atom. The Kier molecular flexibility index (Phi) is 4.18. The van der Waals surface area contributed by atoms with E-state index in [4.69, 9.17) is 0 Å². The normalized spacial score (nSPS) is 15.2. The number of para-hydroxylation sites is 1. The van der Waals surface area contributed by atoms with E-state index in [1.54, 1.807) is 0 Å². The van der Waals surface area contributed by atoms with Crippen LogP contribution in [0.25, 0.3) is 0 Å². The first-order chi connectivity index (χ1) is 10.6. The van der Waals surface area contributed by atoms with Crippen LogP contribution in [0.3, 0.4) is 0 Å². The van der Waals surface area contributed by atoms with E-state index in [-0.39, 0.29) is 5.91 Å². The second-order valence-corrected chi connectivity index (χ2v) is 5.98. The summed E-state index contributed by atoms with van der Waals surface area (Å²) in [6, 6.07) is 12.5. The fraction of sp³-hybridized carbons (Fsp3) is 0.389. The van der Waals surface area contributed by atoms with Crippen molar-refractivity contribution in [3.05, 3.63) is 53.3 Å². The van der Waals surface area contributed by atoms with Crippen molar-refractivity contribution in [1.29, 1.82) is 0 Å². The van der Waals surface area contributed by atoms with Gasteiger partial charge >= 0.3 is 0 Å². The van der Waals surface area contributed by atoms with Crippen LogP contribution in [0.15, 0.2) is 36.4 Å². The molecule has 22 heavy (non-hydrogen) atoms. The van der Waals surface area contributed by atoms with Crippen molar-refractivity contribution in [1.82, 2.24) is 9.88 Å². The Bertz CT molecular complexity index is 640. The van der Waals surface area contributed by atoms with Crippen molar-refractivity contribution >= 4 is 11.6 Å². The molecule has 1 aromatic carbocycles. The smallest absolute Gasteiger partial charge is 0.227 e. The summed E-state index contributed by atoms with van der Waals surface area (Å²) in [5, 5.41) is 0. The lowest BCUT2D eigenvalue weighted by Crippen LogP contribution is -2.49. The van der Waals surface area contributed by atoms with Gasteiger partial charge in [-0.2, -0.15) is 0 Å².